The van der Waals surface area contributed by atoms with Crippen LogP contribution in [0.1, 0.15) is 15.4 Å². The first kappa shape index (κ1) is 11.6. The van der Waals surface area contributed by atoms with Gasteiger partial charge in [-0.05, 0) is 6.07 Å². The summed E-state index contributed by atoms with van der Waals surface area (Å²) in [5.41, 5.74) is 0.995. The van der Waals surface area contributed by atoms with E-state index in [2.05, 4.69) is 15.4 Å². The van der Waals surface area contributed by atoms with E-state index in [1.165, 1.54) is 6.20 Å². The lowest BCUT2D eigenvalue weighted by atomic mass is 10.3. The Kier molecular flexibility index (Phi) is 3.38. The van der Waals surface area contributed by atoms with E-state index in [-0.39, 0.29) is 4.88 Å². The van der Waals surface area contributed by atoms with Crippen LogP contribution in [0.25, 0.3) is 0 Å². The molecule has 2 aromatic rings. The number of nitrogens with one attached hydrogen (secondary N) is 1. The summed E-state index contributed by atoms with van der Waals surface area (Å²) in [5, 5.41) is 16.7. The maximum absolute atomic E-state index is 10.6. The van der Waals surface area contributed by atoms with Gasteiger partial charge in [0.05, 0.1) is 11.9 Å². The van der Waals surface area contributed by atoms with Gasteiger partial charge in [-0.3, -0.25) is 4.68 Å². The van der Waals surface area contributed by atoms with Crippen molar-refractivity contribution >= 4 is 22.4 Å². The Morgan fingerprint density at radius 3 is 3.06 bits per heavy atom. The molecule has 0 fully saturated rings. The van der Waals surface area contributed by atoms with E-state index in [1.54, 1.807) is 4.68 Å². The van der Waals surface area contributed by atoms with Gasteiger partial charge in [0.1, 0.15) is 4.88 Å². The van der Waals surface area contributed by atoms with E-state index in [0.717, 1.165) is 23.5 Å². The number of thiazole rings is 1. The minimum atomic E-state index is -0.944. The second-order valence-electron chi connectivity index (χ2n) is 3.49. The fraction of sp³-hybridized carbons (Fsp3) is 0.300. The molecule has 17 heavy (non-hydrogen) atoms. The number of aromatic nitrogens is 3. The summed E-state index contributed by atoms with van der Waals surface area (Å²) in [5.74, 6) is -0.944. The lowest BCUT2D eigenvalue weighted by molar-refractivity contribution is 0.0702. The molecule has 0 saturated carbocycles. The molecule has 0 aliphatic heterocycles. The normalized spacial score (nSPS) is 10.4. The summed E-state index contributed by atoms with van der Waals surface area (Å²) in [6.45, 7) is 0.684. The molecule has 2 rings (SSSR count). The number of carboxylic acids is 1. The predicted molar refractivity (Wildman–Crippen MR) is 64.5 cm³/mol. The van der Waals surface area contributed by atoms with Crippen LogP contribution in [0.4, 0.5) is 5.13 Å². The Labute approximate surface area is 102 Å². The first-order chi connectivity index (χ1) is 8.15. The number of rotatable bonds is 5. The Balaban J connectivity index is 1.83. The summed E-state index contributed by atoms with van der Waals surface area (Å²) in [6.07, 6.45) is 4.03. The maximum Gasteiger partial charge on any atom is 0.347 e. The Bertz CT molecular complexity index is 520. The van der Waals surface area contributed by atoms with Gasteiger partial charge >= 0.3 is 5.97 Å². The molecule has 0 unspecified atom stereocenters. The van der Waals surface area contributed by atoms with Crippen molar-refractivity contribution < 1.29 is 9.90 Å². The third kappa shape index (κ3) is 3.04. The fourth-order valence-electron chi connectivity index (χ4n) is 1.35. The van der Waals surface area contributed by atoms with Gasteiger partial charge in [0.15, 0.2) is 5.13 Å². The van der Waals surface area contributed by atoms with Gasteiger partial charge in [-0.2, -0.15) is 5.10 Å². The van der Waals surface area contributed by atoms with Gasteiger partial charge < -0.3 is 10.4 Å². The first-order valence-electron chi connectivity index (χ1n) is 5.06. The van der Waals surface area contributed by atoms with Crippen LogP contribution in [-0.4, -0.2) is 32.4 Å². The van der Waals surface area contributed by atoms with E-state index in [4.69, 9.17) is 5.11 Å². The molecule has 0 saturated heterocycles. The molecule has 0 bridgehead atoms. The topological polar surface area (TPSA) is 80.0 Å². The van der Waals surface area contributed by atoms with Crippen LogP contribution < -0.4 is 5.32 Å². The van der Waals surface area contributed by atoms with Crippen molar-refractivity contribution in [3.8, 4) is 0 Å². The van der Waals surface area contributed by atoms with Crippen molar-refractivity contribution in [2.75, 3.05) is 11.9 Å². The predicted octanol–water partition coefficient (Wildman–Crippen LogP) is 1.23. The molecule has 7 heteroatoms. The molecule has 0 radical (unpaired) electrons. The van der Waals surface area contributed by atoms with Crippen LogP contribution in [0.15, 0.2) is 18.5 Å². The average Bonchev–Trinajstić information content (AvgIpc) is 2.88. The van der Waals surface area contributed by atoms with Gasteiger partial charge in [0, 0.05) is 26.2 Å². The number of carboxylic acid groups (broad SMARTS) is 1. The second-order valence-corrected chi connectivity index (χ2v) is 4.52. The zero-order chi connectivity index (χ0) is 12.3. The molecule has 2 N–H and O–H groups in total. The molecule has 0 amide bonds. The number of carbonyl (C=O) groups is 1. The highest BCUT2D eigenvalue weighted by molar-refractivity contribution is 7.17. The van der Waals surface area contributed by atoms with Gasteiger partial charge in [-0.1, -0.05) is 11.3 Å². The maximum atomic E-state index is 10.6. The van der Waals surface area contributed by atoms with Crippen molar-refractivity contribution in [3.05, 3.63) is 29.0 Å². The van der Waals surface area contributed by atoms with Crippen molar-refractivity contribution in [3.63, 3.8) is 0 Å². The number of hydrogen-bond donors (Lipinski definition) is 2. The molecule has 2 aromatic heterocycles. The van der Waals surface area contributed by atoms with Gasteiger partial charge in [-0.15, -0.1) is 0 Å². The molecule has 6 nitrogen and oxygen atoms in total. The van der Waals surface area contributed by atoms with Crippen molar-refractivity contribution in [1.82, 2.24) is 14.8 Å². The van der Waals surface area contributed by atoms with E-state index in [0.29, 0.717) is 11.7 Å². The van der Waals surface area contributed by atoms with E-state index in [9.17, 15) is 4.79 Å². The Hall–Kier alpha value is -1.89. The molecule has 0 spiro atoms. The highest BCUT2D eigenvalue weighted by Gasteiger charge is 2.07. The Morgan fingerprint density at radius 1 is 1.65 bits per heavy atom. The molecular formula is C10H12N4O2S. The summed E-state index contributed by atoms with van der Waals surface area (Å²) in [7, 11) is 1.87. The minimum Gasteiger partial charge on any atom is -0.477 e. The number of nitrogens with zero attached hydrogens (tertiary/aromatic N) is 3. The first-order valence-corrected chi connectivity index (χ1v) is 5.88. The molecule has 0 aliphatic carbocycles. The van der Waals surface area contributed by atoms with E-state index >= 15 is 0 Å². The fourth-order valence-corrected chi connectivity index (χ4v) is 2.03. The number of aryl methyl sites for hydroxylation is 1. The molecule has 0 aliphatic rings. The van der Waals surface area contributed by atoms with Crippen LogP contribution in [0.2, 0.25) is 0 Å². The highest BCUT2D eigenvalue weighted by atomic mass is 32.1. The SMILES string of the molecule is Cn1ccc(CCNc2ncc(C(=O)O)s2)n1. The zero-order valence-corrected chi connectivity index (χ0v) is 10.1. The lowest BCUT2D eigenvalue weighted by Crippen LogP contribution is -2.05. The smallest absolute Gasteiger partial charge is 0.347 e. The van der Waals surface area contributed by atoms with Gasteiger partial charge in [0.2, 0.25) is 0 Å². The molecule has 0 atom stereocenters. The average molecular weight is 252 g/mol. The van der Waals surface area contributed by atoms with Crippen LogP contribution in [0.3, 0.4) is 0 Å². The van der Waals surface area contributed by atoms with Crippen LogP contribution >= 0.6 is 11.3 Å². The van der Waals surface area contributed by atoms with Gasteiger partial charge in [0.25, 0.3) is 0 Å². The summed E-state index contributed by atoms with van der Waals surface area (Å²) in [6, 6.07) is 1.95. The van der Waals surface area contributed by atoms with Gasteiger partial charge in [-0.25, -0.2) is 9.78 Å². The van der Waals surface area contributed by atoms with Crippen LogP contribution in [0, 0.1) is 0 Å². The summed E-state index contributed by atoms with van der Waals surface area (Å²) in [4.78, 5) is 14.9. The monoisotopic (exact) mass is 252 g/mol. The highest BCUT2D eigenvalue weighted by Crippen LogP contribution is 2.17. The lowest BCUT2D eigenvalue weighted by Gasteiger charge is -1.99. The number of aromatic carboxylic acids is 1. The van der Waals surface area contributed by atoms with Crippen molar-refractivity contribution in [2.45, 2.75) is 6.42 Å². The second kappa shape index (κ2) is 4.96. The quantitative estimate of drug-likeness (QED) is 0.836. The molecule has 90 valence electrons. The number of anilines is 1. The van der Waals surface area contributed by atoms with Crippen molar-refractivity contribution in [2.24, 2.45) is 7.05 Å². The van der Waals surface area contributed by atoms with Crippen molar-refractivity contribution in [1.29, 1.82) is 0 Å². The van der Waals surface area contributed by atoms with Crippen LogP contribution in [0.5, 0.6) is 0 Å². The summed E-state index contributed by atoms with van der Waals surface area (Å²) >= 11 is 1.13. The third-order valence-electron chi connectivity index (χ3n) is 2.14. The molecular weight excluding hydrogens is 240 g/mol. The third-order valence-corrected chi connectivity index (χ3v) is 3.09. The number of hydrogen-bond acceptors (Lipinski definition) is 5. The van der Waals surface area contributed by atoms with Crippen LogP contribution in [-0.2, 0) is 13.5 Å². The largest absolute Gasteiger partial charge is 0.477 e. The van der Waals surface area contributed by atoms with E-state index in [1.807, 2.05) is 19.3 Å². The zero-order valence-electron chi connectivity index (χ0n) is 9.25. The summed E-state index contributed by atoms with van der Waals surface area (Å²) < 4.78 is 1.75. The van der Waals surface area contributed by atoms with E-state index < -0.39 is 5.97 Å². The standard InChI is InChI=1S/C10H12N4O2S/c1-14-5-3-7(13-14)2-4-11-10-12-6-8(17-10)9(15)16/h3,5-6H,2,4H2,1H3,(H,11,12)(H,15,16). The Morgan fingerprint density at radius 2 is 2.47 bits per heavy atom. The molecule has 0 aromatic carbocycles. The molecule has 2 heterocycles. The minimum absolute atomic E-state index is 0.241.